The van der Waals surface area contributed by atoms with Crippen LogP contribution in [0.4, 0.5) is 5.95 Å². The van der Waals surface area contributed by atoms with E-state index in [4.69, 9.17) is 4.74 Å². The largest absolute Gasteiger partial charge is 0.377 e. The maximum Gasteiger partial charge on any atom is 0.212 e. The number of aromatic nitrogens is 3. The fraction of sp³-hybridized carbons (Fsp3) is 0.611. The number of rotatable bonds is 4. The van der Waals surface area contributed by atoms with Gasteiger partial charge in [-0.2, -0.15) is 5.26 Å². The van der Waals surface area contributed by atoms with Gasteiger partial charge in [0.05, 0.1) is 31.2 Å². The van der Waals surface area contributed by atoms with E-state index < -0.39 is 0 Å². The molecule has 25 heavy (non-hydrogen) atoms. The van der Waals surface area contributed by atoms with Crippen molar-refractivity contribution in [2.75, 3.05) is 38.3 Å². The number of anilines is 1. The minimum Gasteiger partial charge on any atom is -0.377 e. The summed E-state index contributed by atoms with van der Waals surface area (Å²) >= 11 is 0. The summed E-state index contributed by atoms with van der Waals surface area (Å²) in [6.45, 7) is 5.59. The van der Waals surface area contributed by atoms with E-state index in [2.05, 4.69) is 39.8 Å². The Morgan fingerprint density at radius 1 is 1.44 bits per heavy atom. The zero-order chi connectivity index (χ0) is 17.4. The van der Waals surface area contributed by atoms with Crippen molar-refractivity contribution >= 4 is 11.6 Å². The lowest BCUT2D eigenvalue weighted by atomic mass is 9.85. The minimum absolute atomic E-state index is 0.0948. The number of piperidine rings is 1. The molecule has 2 fully saturated rings. The molecule has 132 valence electrons. The van der Waals surface area contributed by atoms with Crippen LogP contribution >= 0.6 is 0 Å². The molecule has 0 bridgehead atoms. The fourth-order valence-electron chi connectivity index (χ4n) is 4.12. The summed E-state index contributed by atoms with van der Waals surface area (Å²) in [5, 5.41) is 9.23. The average Bonchev–Trinajstić information content (AvgIpc) is 3.07. The molecule has 2 aliphatic heterocycles. The predicted molar refractivity (Wildman–Crippen MR) is 94.3 cm³/mol. The van der Waals surface area contributed by atoms with Gasteiger partial charge in [0.1, 0.15) is 12.0 Å². The molecule has 0 saturated carbocycles. The number of likely N-dealkylation sites (N-methyl/N-ethyl adjacent to an activating group) is 1. The summed E-state index contributed by atoms with van der Waals surface area (Å²) in [6.07, 6.45) is 5.28. The number of fused-ring (bicyclic) bond motifs is 1. The topological polar surface area (TPSA) is 69.7 Å². The number of nitriles is 1. The van der Waals surface area contributed by atoms with Gasteiger partial charge in [0, 0.05) is 25.8 Å². The highest BCUT2D eigenvalue weighted by Gasteiger charge is 2.47. The van der Waals surface area contributed by atoms with Crippen LogP contribution in [0.25, 0.3) is 5.65 Å². The van der Waals surface area contributed by atoms with Crippen molar-refractivity contribution in [2.24, 2.45) is 5.92 Å². The van der Waals surface area contributed by atoms with Crippen LogP contribution in [0, 0.1) is 17.2 Å². The van der Waals surface area contributed by atoms with Crippen LogP contribution in [-0.4, -0.2) is 64.2 Å². The Balaban J connectivity index is 1.60. The van der Waals surface area contributed by atoms with E-state index in [1.54, 1.807) is 6.33 Å². The van der Waals surface area contributed by atoms with Crippen molar-refractivity contribution in [1.82, 2.24) is 19.3 Å². The number of hydrogen-bond acceptors (Lipinski definition) is 6. The molecule has 0 aromatic carbocycles. The quantitative estimate of drug-likeness (QED) is 0.841. The highest BCUT2D eigenvalue weighted by atomic mass is 16.5. The van der Waals surface area contributed by atoms with E-state index in [9.17, 15) is 5.26 Å². The van der Waals surface area contributed by atoms with Crippen LogP contribution in [0.15, 0.2) is 24.7 Å². The Hall–Kier alpha value is -2.17. The van der Waals surface area contributed by atoms with Crippen LogP contribution in [0.2, 0.25) is 0 Å². The molecule has 0 radical (unpaired) electrons. The lowest BCUT2D eigenvalue weighted by Crippen LogP contribution is -2.67. The van der Waals surface area contributed by atoms with Crippen LogP contribution in [0.1, 0.15) is 19.8 Å². The number of ether oxygens (including phenoxy) is 1. The Morgan fingerprint density at radius 2 is 2.28 bits per heavy atom. The summed E-state index contributed by atoms with van der Waals surface area (Å²) in [4.78, 5) is 13.6. The van der Waals surface area contributed by atoms with Gasteiger partial charge in [0.15, 0.2) is 0 Å². The third kappa shape index (κ3) is 2.66. The molecule has 0 spiro atoms. The van der Waals surface area contributed by atoms with Crippen LogP contribution in [-0.2, 0) is 4.74 Å². The highest BCUT2D eigenvalue weighted by molar-refractivity contribution is 5.46. The lowest BCUT2D eigenvalue weighted by molar-refractivity contribution is -0.147. The van der Waals surface area contributed by atoms with Gasteiger partial charge in [0.25, 0.3) is 0 Å². The van der Waals surface area contributed by atoms with Gasteiger partial charge in [0.2, 0.25) is 5.95 Å². The Kier molecular flexibility index (Phi) is 4.10. The van der Waals surface area contributed by atoms with E-state index in [0.717, 1.165) is 31.1 Å². The van der Waals surface area contributed by atoms with Gasteiger partial charge < -0.3 is 9.64 Å². The van der Waals surface area contributed by atoms with Gasteiger partial charge in [-0.1, -0.05) is 6.92 Å². The SMILES string of the molecule is C[C@@H]1CCN(C2(CC#N)COC2)C[C@@H]1N(C)c1ncnc2cccn12. The molecule has 7 heteroatoms. The standard InChI is InChI=1S/C18H24N6O/c1-14-5-9-23(18(6-7-19)11-25-12-18)10-15(14)22(2)17-21-13-20-16-4-3-8-24(16)17/h3-4,8,13-15H,5-6,9-12H2,1-2H3/t14-,15+/m1/s1. The summed E-state index contributed by atoms with van der Waals surface area (Å²) in [7, 11) is 2.11. The van der Waals surface area contributed by atoms with E-state index >= 15 is 0 Å². The van der Waals surface area contributed by atoms with Crippen LogP contribution in [0.3, 0.4) is 0 Å². The molecule has 7 nitrogen and oxygen atoms in total. The molecule has 4 heterocycles. The maximum absolute atomic E-state index is 9.23. The molecule has 0 aliphatic carbocycles. The van der Waals surface area contributed by atoms with Crippen molar-refractivity contribution in [3.05, 3.63) is 24.7 Å². The normalized spacial score (nSPS) is 26.1. The van der Waals surface area contributed by atoms with Crippen molar-refractivity contribution < 1.29 is 4.74 Å². The van der Waals surface area contributed by atoms with Crippen LogP contribution < -0.4 is 4.90 Å². The first kappa shape index (κ1) is 16.3. The van der Waals surface area contributed by atoms with Crippen LogP contribution in [0.5, 0.6) is 0 Å². The number of hydrogen-bond donors (Lipinski definition) is 0. The monoisotopic (exact) mass is 340 g/mol. The van der Waals surface area contributed by atoms with Crippen molar-refractivity contribution in [3.8, 4) is 6.07 Å². The number of nitrogens with zero attached hydrogens (tertiary/aromatic N) is 6. The van der Waals surface area contributed by atoms with Gasteiger partial charge >= 0.3 is 0 Å². The summed E-state index contributed by atoms with van der Waals surface area (Å²) < 4.78 is 7.50. The van der Waals surface area contributed by atoms with E-state index in [-0.39, 0.29) is 5.54 Å². The van der Waals surface area contributed by atoms with Crippen molar-refractivity contribution in [2.45, 2.75) is 31.3 Å². The average molecular weight is 340 g/mol. The molecule has 2 aromatic heterocycles. The number of likely N-dealkylation sites (tertiary alicyclic amines) is 1. The molecule has 2 saturated heterocycles. The highest BCUT2D eigenvalue weighted by Crippen LogP contribution is 2.34. The van der Waals surface area contributed by atoms with Gasteiger partial charge in [-0.15, -0.1) is 0 Å². The summed E-state index contributed by atoms with van der Waals surface area (Å²) in [6, 6.07) is 6.67. The first-order valence-corrected chi connectivity index (χ1v) is 8.85. The van der Waals surface area contributed by atoms with Crippen molar-refractivity contribution in [1.29, 1.82) is 5.26 Å². The first-order valence-electron chi connectivity index (χ1n) is 8.85. The summed E-state index contributed by atoms with van der Waals surface area (Å²) in [5.41, 5.74) is 0.813. The maximum atomic E-state index is 9.23. The lowest BCUT2D eigenvalue weighted by Gasteiger charge is -2.53. The first-order chi connectivity index (χ1) is 12.1. The second-order valence-corrected chi connectivity index (χ2v) is 7.35. The van der Waals surface area contributed by atoms with E-state index in [1.165, 1.54) is 0 Å². The summed E-state index contributed by atoms with van der Waals surface area (Å²) in [5.74, 6) is 1.47. The zero-order valence-electron chi connectivity index (χ0n) is 14.8. The third-order valence-electron chi connectivity index (χ3n) is 5.86. The smallest absolute Gasteiger partial charge is 0.212 e. The van der Waals surface area contributed by atoms with E-state index in [0.29, 0.717) is 31.6 Å². The molecule has 2 aromatic rings. The third-order valence-corrected chi connectivity index (χ3v) is 5.86. The molecule has 2 aliphatic rings. The molecular formula is C18H24N6O. The van der Waals surface area contributed by atoms with E-state index in [1.807, 2.05) is 22.7 Å². The predicted octanol–water partition coefficient (Wildman–Crippen LogP) is 1.56. The molecule has 0 N–H and O–H groups in total. The molecular weight excluding hydrogens is 316 g/mol. The molecule has 0 amide bonds. The van der Waals surface area contributed by atoms with Gasteiger partial charge in [-0.3, -0.25) is 9.30 Å². The Bertz CT molecular complexity index is 792. The molecule has 0 unspecified atom stereocenters. The van der Waals surface area contributed by atoms with Crippen molar-refractivity contribution in [3.63, 3.8) is 0 Å². The second-order valence-electron chi connectivity index (χ2n) is 7.35. The molecule has 2 atom stereocenters. The fourth-order valence-corrected chi connectivity index (χ4v) is 4.12. The van der Waals surface area contributed by atoms with Gasteiger partial charge in [-0.25, -0.2) is 9.97 Å². The zero-order valence-corrected chi connectivity index (χ0v) is 14.8. The second kappa shape index (κ2) is 6.28. The van der Waals surface area contributed by atoms with Gasteiger partial charge in [-0.05, 0) is 31.0 Å². The Morgan fingerprint density at radius 3 is 3.00 bits per heavy atom. The molecule has 4 rings (SSSR count). The Labute approximate surface area is 147 Å². The minimum atomic E-state index is -0.0948.